The topological polar surface area (TPSA) is 96.0 Å². The van der Waals surface area contributed by atoms with Crippen LogP contribution in [0.1, 0.15) is 25.5 Å². The molecule has 1 fully saturated rings. The fourth-order valence-electron chi connectivity index (χ4n) is 4.27. The third-order valence-electron chi connectivity index (χ3n) is 5.90. The summed E-state index contributed by atoms with van der Waals surface area (Å²) in [6, 6.07) is 12.4. The summed E-state index contributed by atoms with van der Waals surface area (Å²) in [6.45, 7) is 8.16. The van der Waals surface area contributed by atoms with Crippen molar-refractivity contribution in [3.63, 3.8) is 0 Å². The third kappa shape index (κ3) is 5.48. The van der Waals surface area contributed by atoms with Crippen LogP contribution in [0.3, 0.4) is 0 Å². The maximum Gasteiger partial charge on any atom is 0.338 e. The maximum absolute atomic E-state index is 13.0. The van der Waals surface area contributed by atoms with Crippen LogP contribution in [0.15, 0.2) is 59.9 Å². The highest BCUT2D eigenvalue weighted by atomic mass is 16.5. The van der Waals surface area contributed by atoms with Gasteiger partial charge in [0, 0.05) is 44.6 Å². The maximum atomic E-state index is 13.0. The van der Waals surface area contributed by atoms with Gasteiger partial charge in [0.25, 0.3) is 0 Å². The van der Waals surface area contributed by atoms with Crippen LogP contribution in [0.25, 0.3) is 0 Å². The number of nitrogens with zero attached hydrogens (tertiary/aromatic N) is 3. The second kappa shape index (κ2) is 11.0. The second-order valence-electron chi connectivity index (χ2n) is 8.10. The minimum atomic E-state index is -0.603. The summed E-state index contributed by atoms with van der Waals surface area (Å²) in [6.07, 6.45) is 1.80. The normalized spacial score (nSPS) is 18.8. The van der Waals surface area contributed by atoms with Crippen molar-refractivity contribution in [1.82, 2.24) is 20.5 Å². The smallest absolute Gasteiger partial charge is 0.338 e. The standard InChI is InChI=1S/C25H31N5O4/c1-3-33-19-10-8-18(9-11-19)23-22(24(31)34-4-2)20(27-25(32)28-23)17-29-13-15-30(16-14-29)21-7-5-6-12-26-21/h5-12,23H,3-4,13-17H2,1-2H3,(H2,27,28,32)/t23-/m0/s1. The number of amides is 2. The van der Waals surface area contributed by atoms with Gasteiger partial charge < -0.3 is 25.0 Å². The Labute approximate surface area is 199 Å². The number of benzene rings is 1. The van der Waals surface area contributed by atoms with Gasteiger partial charge in [0.1, 0.15) is 11.6 Å². The molecule has 1 saturated heterocycles. The van der Waals surface area contributed by atoms with Crippen LogP contribution in [0.2, 0.25) is 0 Å². The summed E-state index contributed by atoms with van der Waals surface area (Å²) in [4.78, 5) is 34.5. The van der Waals surface area contributed by atoms with Gasteiger partial charge in [-0.3, -0.25) is 4.90 Å². The molecule has 9 nitrogen and oxygen atoms in total. The third-order valence-corrected chi connectivity index (χ3v) is 5.90. The van der Waals surface area contributed by atoms with Crippen molar-refractivity contribution < 1.29 is 19.1 Å². The van der Waals surface area contributed by atoms with Gasteiger partial charge in [-0.1, -0.05) is 18.2 Å². The lowest BCUT2D eigenvalue weighted by atomic mass is 9.94. The van der Waals surface area contributed by atoms with Crippen molar-refractivity contribution in [2.75, 3.05) is 50.8 Å². The molecule has 1 aromatic carbocycles. The average molecular weight is 466 g/mol. The first-order valence-electron chi connectivity index (χ1n) is 11.7. The first-order chi connectivity index (χ1) is 16.6. The van der Waals surface area contributed by atoms with Crippen LogP contribution >= 0.6 is 0 Å². The van der Waals surface area contributed by atoms with Crippen LogP contribution in [0.5, 0.6) is 5.75 Å². The quantitative estimate of drug-likeness (QED) is 0.578. The molecule has 1 aromatic heterocycles. The number of esters is 1. The van der Waals surface area contributed by atoms with Crippen molar-refractivity contribution in [3.8, 4) is 5.75 Å². The van der Waals surface area contributed by atoms with Gasteiger partial charge in [-0.15, -0.1) is 0 Å². The number of pyridine rings is 1. The van der Waals surface area contributed by atoms with Crippen molar-refractivity contribution in [1.29, 1.82) is 0 Å². The van der Waals surface area contributed by atoms with Crippen molar-refractivity contribution in [2.45, 2.75) is 19.9 Å². The Balaban J connectivity index is 1.55. The van der Waals surface area contributed by atoms with E-state index in [-0.39, 0.29) is 12.6 Å². The number of aromatic nitrogens is 1. The van der Waals surface area contributed by atoms with Crippen molar-refractivity contribution >= 4 is 17.8 Å². The van der Waals surface area contributed by atoms with E-state index in [1.54, 1.807) is 13.1 Å². The predicted molar refractivity (Wildman–Crippen MR) is 129 cm³/mol. The van der Waals surface area contributed by atoms with Crippen LogP contribution in [0.4, 0.5) is 10.6 Å². The summed E-state index contributed by atoms with van der Waals surface area (Å²) in [5, 5.41) is 5.75. The molecule has 3 heterocycles. The lowest BCUT2D eigenvalue weighted by Crippen LogP contribution is -2.52. The predicted octanol–water partition coefficient (Wildman–Crippen LogP) is 2.47. The van der Waals surface area contributed by atoms with Crippen molar-refractivity contribution in [2.24, 2.45) is 0 Å². The highest BCUT2D eigenvalue weighted by Crippen LogP contribution is 2.29. The van der Waals surface area contributed by atoms with Gasteiger partial charge in [0.05, 0.1) is 24.8 Å². The van der Waals surface area contributed by atoms with Crippen molar-refractivity contribution in [3.05, 3.63) is 65.5 Å². The number of piperazine rings is 1. The fourth-order valence-corrected chi connectivity index (χ4v) is 4.27. The molecule has 180 valence electrons. The Kier molecular flexibility index (Phi) is 7.64. The van der Waals surface area contributed by atoms with E-state index in [9.17, 15) is 9.59 Å². The van der Waals surface area contributed by atoms with Gasteiger partial charge in [-0.2, -0.15) is 0 Å². The number of ether oxygens (including phenoxy) is 2. The molecule has 0 bridgehead atoms. The molecule has 2 aliphatic heterocycles. The number of hydrogen-bond donors (Lipinski definition) is 2. The molecular formula is C25H31N5O4. The Bertz CT molecular complexity index is 1020. The zero-order valence-corrected chi connectivity index (χ0v) is 19.6. The molecule has 9 heteroatoms. The van der Waals surface area contributed by atoms with Crippen LogP contribution in [-0.2, 0) is 9.53 Å². The number of anilines is 1. The summed E-state index contributed by atoms with van der Waals surface area (Å²) in [7, 11) is 0. The molecule has 0 radical (unpaired) electrons. The van der Waals surface area contributed by atoms with E-state index in [2.05, 4.69) is 25.4 Å². The molecule has 0 unspecified atom stereocenters. The molecule has 4 rings (SSSR count). The number of urea groups is 1. The van der Waals surface area contributed by atoms with E-state index in [0.717, 1.165) is 43.3 Å². The molecule has 2 aromatic rings. The van der Waals surface area contributed by atoms with E-state index < -0.39 is 12.0 Å². The summed E-state index contributed by atoms with van der Waals surface area (Å²) in [5.74, 6) is 1.26. The molecule has 2 amide bonds. The number of carbonyl (C=O) groups excluding carboxylic acids is 2. The van der Waals surface area contributed by atoms with Gasteiger partial charge in [-0.05, 0) is 43.7 Å². The lowest BCUT2D eigenvalue weighted by molar-refractivity contribution is -0.139. The Morgan fingerprint density at radius 3 is 2.47 bits per heavy atom. The highest BCUT2D eigenvalue weighted by Gasteiger charge is 2.34. The number of hydrogen-bond acceptors (Lipinski definition) is 7. The molecule has 1 atom stereocenters. The van der Waals surface area contributed by atoms with Crippen LogP contribution in [-0.4, -0.2) is 67.8 Å². The van der Waals surface area contributed by atoms with Gasteiger partial charge >= 0.3 is 12.0 Å². The number of rotatable bonds is 8. The van der Waals surface area contributed by atoms with E-state index in [1.807, 2.05) is 49.4 Å². The molecule has 34 heavy (non-hydrogen) atoms. The van der Waals surface area contributed by atoms with Gasteiger partial charge in [0.15, 0.2) is 0 Å². The molecule has 0 spiro atoms. The molecule has 0 saturated carbocycles. The van der Waals surface area contributed by atoms with E-state index in [1.165, 1.54) is 0 Å². The zero-order valence-electron chi connectivity index (χ0n) is 19.6. The van der Waals surface area contributed by atoms with E-state index in [4.69, 9.17) is 9.47 Å². The molecule has 2 aliphatic rings. The fraction of sp³-hybridized carbons (Fsp3) is 0.400. The minimum Gasteiger partial charge on any atom is -0.494 e. The minimum absolute atomic E-state index is 0.252. The Morgan fingerprint density at radius 2 is 1.82 bits per heavy atom. The van der Waals surface area contributed by atoms with E-state index >= 15 is 0 Å². The second-order valence-corrected chi connectivity index (χ2v) is 8.10. The SMILES string of the molecule is CCOC(=O)C1=C(CN2CCN(c3ccccn3)CC2)NC(=O)N[C@H]1c1ccc(OCC)cc1. The first kappa shape index (κ1) is 23.6. The molecule has 0 aliphatic carbocycles. The number of carbonyl (C=O) groups is 2. The Hall–Kier alpha value is -3.59. The first-order valence-corrected chi connectivity index (χ1v) is 11.7. The van der Waals surface area contributed by atoms with E-state index in [0.29, 0.717) is 24.4 Å². The molecule has 2 N–H and O–H groups in total. The summed E-state index contributed by atoms with van der Waals surface area (Å²) >= 11 is 0. The largest absolute Gasteiger partial charge is 0.494 e. The average Bonchev–Trinajstić information content (AvgIpc) is 2.85. The summed E-state index contributed by atoms with van der Waals surface area (Å²) in [5.41, 5.74) is 1.80. The zero-order chi connectivity index (χ0) is 23.9. The van der Waals surface area contributed by atoms with Gasteiger partial charge in [-0.25, -0.2) is 14.6 Å². The monoisotopic (exact) mass is 465 g/mol. The highest BCUT2D eigenvalue weighted by molar-refractivity contribution is 5.95. The van der Waals surface area contributed by atoms with Gasteiger partial charge in [0.2, 0.25) is 0 Å². The Morgan fingerprint density at radius 1 is 1.06 bits per heavy atom. The van der Waals surface area contributed by atoms with Crippen LogP contribution < -0.4 is 20.3 Å². The summed E-state index contributed by atoms with van der Waals surface area (Å²) < 4.78 is 10.9. The molecular weight excluding hydrogens is 434 g/mol. The number of nitrogens with one attached hydrogen (secondary N) is 2. The van der Waals surface area contributed by atoms with Crippen LogP contribution in [0, 0.1) is 0 Å². The lowest BCUT2D eigenvalue weighted by Gasteiger charge is -2.37.